The first-order valence-electron chi connectivity index (χ1n) is 5.82. The first-order chi connectivity index (χ1) is 8.40. The Labute approximate surface area is 103 Å². The highest BCUT2D eigenvalue weighted by atomic mass is 14.0. The fourth-order valence-electron chi connectivity index (χ4n) is 1.78. The summed E-state index contributed by atoms with van der Waals surface area (Å²) in [4.78, 5) is 0. The molecule has 3 rings (SSSR count). The normalized spacial score (nSPS) is 11.3. The van der Waals surface area contributed by atoms with Crippen molar-refractivity contribution in [3.63, 3.8) is 0 Å². The van der Waals surface area contributed by atoms with Crippen molar-refractivity contribution in [3.8, 4) is 0 Å². The second-order valence-electron chi connectivity index (χ2n) is 3.92. The molecular formula is C17H16. The standard InChI is InChI=1S/C9H8.C8H8/c1-2-5-9-7-3-6-8(9)4-1;1-2-8-6-4-3-5-7-8/h1-6H,7H2;2-7H,1H2. The van der Waals surface area contributed by atoms with Crippen molar-refractivity contribution < 1.29 is 0 Å². The van der Waals surface area contributed by atoms with Crippen LogP contribution < -0.4 is 0 Å². The van der Waals surface area contributed by atoms with Gasteiger partial charge in [0.25, 0.3) is 0 Å². The van der Waals surface area contributed by atoms with Crippen molar-refractivity contribution >= 4 is 12.2 Å². The van der Waals surface area contributed by atoms with Gasteiger partial charge < -0.3 is 0 Å². The smallest absolute Gasteiger partial charge is 0.00882 e. The molecule has 0 bridgehead atoms. The van der Waals surface area contributed by atoms with Gasteiger partial charge in [-0.15, -0.1) is 0 Å². The average Bonchev–Trinajstić information content (AvgIpc) is 2.89. The molecule has 0 unspecified atom stereocenters. The zero-order chi connectivity index (χ0) is 11.9. The molecule has 84 valence electrons. The SMILES string of the molecule is C1=Cc2ccccc2C1.C=Cc1ccccc1. The number of hydrogen-bond donors (Lipinski definition) is 0. The third-order valence-electron chi connectivity index (χ3n) is 2.73. The van der Waals surface area contributed by atoms with Gasteiger partial charge in [0, 0.05) is 0 Å². The zero-order valence-corrected chi connectivity index (χ0v) is 9.84. The molecule has 0 atom stereocenters. The fourth-order valence-corrected chi connectivity index (χ4v) is 1.78. The lowest BCUT2D eigenvalue weighted by Crippen LogP contribution is -1.76. The number of benzene rings is 2. The molecule has 0 spiro atoms. The van der Waals surface area contributed by atoms with Crippen molar-refractivity contribution in [2.75, 3.05) is 0 Å². The van der Waals surface area contributed by atoms with Crippen LogP contribution in [0.2, 0.25) is 0 Å². The monoisotopic (exact) mass is 220 g/mol. The molecule has 2 aromatic rings. The molecule has 0 aromatic heterocycles. The Morgan fingerprint density at radius 2 is 1.59 bits per heavy atom. The molecule has 0 aliphatic heterocycles. The van der Waals surface area contributed by atoms with E-state index < -0.39 is 0 Å². The van der Waals surface area contributed by atoms with Gasteiger partial charge in [-0.3, -0.25) is 0 Å². The molecule has 0 N–H and O–H groups in total. The number of allylic oxidation sites excluding steroid dienone is 1. The van der Waals surface area contributed by atoms with Gasteiger partial charge in [0.15, 0.2) is 0 Å². The molecule has 0 heterocycles. The van der Waals surface area contributed by atoms with Gasteiger partial charge in [-0.05, 0) is 23.1 Å². The number of fused-ring (bicyclic) bond motifs is 1. The van der Waals surface area contributed by atoms with E-state index in [1.165, 1.54) is 16.7 Å². The third kappa shape index (κ3) is 3.18. The molecule has 1 aliphatic rings. The predicted octanol–water partition coefficient (Wildman–Crippen LogP) is 4.59. The maximum absolute atomic E-state index is 3.63. The maximum Gasteiger partial charge on any atom is -0.00882 e. The second kappa shape index (κ2) is 5.86. The van der Waals surface area contributed by atoms with Crippen molar-refractivity contribution in [1.29, 1.82) is 0 Å². The van der Waals surface area contributed by atoms with E-state index in [1.54, 1.807) is 0 Å². The summed E-state index contributed by atoms with van der Waals surface area (Å²) < 4.78 is 0. The van der Waals surface area contributed by atoms with Crippen LogP contribution in [0.3, 0.4) is 0 Å². The van der Waals surface area contributed by atoms with Crippen LogP contribution in [0.15, 0.2) is 67.3 Å². The summed E-state index contributed by atoms with van der Waals surface area (Å²) in [6.45, 7) is 3.63. The molecule has 17 heavy (non-hydrogen) atoms. The lowest BCUT2D eigenvalue weighted by molar-refractivity contribution is 1.31. The molecule has 1 aliphatic carbocycles. The van der Waals surface area contributed by atoms with Crippen LogP contribution in [-0.2, 0) is 6.42 Å². The van der Waals surface area contributed by atoms with Crippen LogP contribution in [0.25, 0.3) is 12.2 Å². The summed E-state index contributed by atoms with van der Waals surface area (Å²) in [5.41, 5.74) is 4.02. The van der Waals surface area contributed by atoms with Gasteiger partial charge in [0.05, 0.1) is 0 Å². The van der Waals surface area contributed by atoms with Gasteiger partial charge in [-0.2, -0.15) is 0 Å². The van der Waals surface area contributed by atoms with Gasteiger partial charge in [-0.25, -0.2) is 0 Å². The zero-order valence-electron chi connectivity index (χ0n) is 9.84. The van der Waals surface area contributed by atoms with Crippen LogP contribution in [-0.4, -0.2) is 0 Å². The van der Waals surface area contributed by atoms with E-state index in [1.807, 2.05) is 36.4 Å². The van der Waals surface area contributed by atoms with E-state index >= 15 is 0 Å². The van der Waals surface area contributed by atoms with E-state index in [0.717, 1.165) is 6.42 Å². The van der Waals surface area contributed by atoms with Crippen LogP contribution >= 0.6 is 0 Å². The van der Waals surface area contributed by atoms with E-state index in [0.29, 0.717) is 0 Å². The minimum atomic E-state index is 1.12. The molecular weight excluding hydrogens is 204 g/mol. The summed E-state index contributed by atoms with van der Waals surface area (Å²) in [6, 6.07) is 18.5. The summed E-state index contributed by atoms with van der Waals surface area (Å²) in [7, 11) is 0. The highest BCUT2D eigenvalue weighted by molar-refractivity contribution is 5.59. The maximum atomic E-state index is 3.63. The fraction of sp³-hybridized carbons (Fsp3) is 0.0588. The molecule has 0 amide bonds. The summed E-state index contributed by atoms with van der Waals surface area (Å²) in [5, 5.41) is 0. The first-order valence-corrected chi connectivity index (χ1v) is 5.82. The highest BCUT2D eigenvalue weighted by Crippen LogP contribution is 2.17. The molecule has 0 saturated heterocycles. The van der Waals surface area contributed by atoms with Crippen LogP contribution in [0.4, 0.5) is 0 Å². The second-order valence-corrected chi connectivity index (χ2v) is 3.92. The molecule has 0 nitrogen and oxygen atoms in total. The van der Waals surface area contributed by atoms with Crippen molar-refractivity contribution in [1.82, 2.24) is 0 Å². The van der Waals surface area contributed by atoms with Crippen LogP contribution in [0.1, 0.15) is 16.7 Å². The predicted molar refractivity (Wildman–Crippen MR) is 75.7 cm³/mol. The largest absolute Gasteiger partial charge is 0.0985 e. The Morgan fingerprint density at radius 1 is 0.882 bits per heavy atom. The molecule has 0 fully saturated rings. The third-order valence-corrected chi connectivity index (χ3v) is 2.73. The van der Waals surface area contributed by atoms with Gasteiger partial charge in [-0.1, -0.05) is 79.4 Å². The summed E-state index contributed by atoms with van der Waals surface area (Å²) >= 11 is 0. The number of rotatable bonds is 1. The Bertz CT molecular complexity index is 507. The highest BCUT2D eigenvalue weighted by Gasteiger charge is 2.00. The Kier molecular flexibility index (Phi) is 3.93. The van der Waals surface area contributed by atoms with E-state index in [2.05, 4.69) is 43.0 Å². The van der Waals surface area contributed by atoms with E-state index in [4.69, 9.17) is 0 Å². The van der Waals surface area contributed by atoms with Gasteiger partial charge in [0.2, 0.25) is 0 Å². The minimum Gasteiger partial charge on any atom is -0.0985 e. The number of hydrogen-bond acceptors (Lipinski definition) is 0. The van der Waals surface area contributed by atoms with Crippen LogP contribution in [0.5, 0.6) is 0 Å². The topological polar surface area (TPSA) is 0 Å². The lowest BCUT2D eigenvalue weighted by Gasteiger charge is -1.93. The Balaban J connectivity index is 0.000000128. The minimum absolute atomic E-state index is 1.12. The van der Waals surface area contributed by atoms with E-state index in [9.17, 15) is 0 Å². The van der Waals surface area contributed by atoms with Gasteiger partial charge in [0.1, 0.15) is 0 Å². The quantitative estimate of drug-likeness (QED) is 0.659. The summed E-state index contributed by atoms with van der Waals surface area (Å²) in [6.07, 6.45) is 7.33. The lowest BCUT2D eigenvalue weighted by atomic mass is 10.1. The Morgan fingerprint density at radius 3 is 2.24 bits per heavy atom. The first kappa shape index (κ1) is 11.4. The van der Waals surface area contributed by atoms with Crippen molar-refractivity contribution in [2.45, 2.75) is 6.42 Å². The van der Waals surface area contributed by atoms with Crippen molar-refractivity contribution in [3.05, 3.63) is 83.9 Å². The molecule has 0 heteroatoms. The molecule has 2 aromatic carbocycles. The van der Waals surface area contributed by atoms with Crippen molar-refractivity contribution in [2.24, 2.45) is 0 Å². The summed E-state index contributed by atoms with van der Waals surface area (Å²) in [5.74, 6) is 0. The van der Waals surface area contributed by atoms with Gasteiger partial charge >= 0.3 is 0 Å². The van der Waals surface area contributed by atoms with E-state index in [-0.39, 0.29) is 0 Å². The Hall–Kier alpha value is -2.08. The molecule has 0 radical (unpaired) electrons. The average molecular weight is 220 g/mol. The molecule has 0 saturated carbocycles. The van der Waals surface area contributed by atoms with Crippen LogP contribution in [0, 0.1) is 0 Å².